The number of nitrogens with one attached hydrogen (secondary N) is 1. The van der Waals surface area contributed by atoms with E-state index in [0.717, 1.165) is 5.69 Å². The lowest BCUT2D eigenvalue weighted by atomic mass is 10.3. The molecule has 6 nitrogen and oxygen atoms in total. The second-order valence-corrected chi connectivity index (χ2v) is 3.16. The summed E-state index contributed by atoms with van der Waals surface area (Å²) in [4.78, 5) is 23.4. The molecule has 2 heterocycles. The summed E-state index contributed by atoms with van der Waals surface area (Å²) in [6.07, 6.45) is 3.14. The quantitative estimate of drug-likeness (QED) is 0.790. The van der Waals surface area contributed by atoms with Crippen molar-refractivity contribution >= 4 is 5.95 Å². The first-order valence-corrected chi connectivity index (χ1v) is 4.81. The van der Waals surface area contributed by atoms with Crippen molar-refractivity contribution in [3.63, 3.8) is 0 Å². The smallest absolute Gasteiger partial charge is 0.352 e. The van der Waals surface area contributed by atoms with Gasteiger partial charge in [0, 0.05) is 13.2 Å². The minimum atomic E-state index is -0.343. The molecule has 0 saturated heterocycles. The van der Waals surface area contributed by atoms with E-state index in [1.807, 2.05) is 18.2 Å². The summed E-state index contributed by atoms with van der Waals surface area (Å²) in [6.45, 7) is 0.379. The molecule has 0 spiro atoms. The SMILES string of the molecule is CNc1ncn(Cc2ccccn2)c(=O)n1. The van der Waals surface area contributed by atoms with Crippen LogP contribution in [0.5, 0.6) is 0 Å². The Bertz CT molecular complexity index is 522. The van der Waals surface area contributed by atoms with Gasteiger partial charge in [0.25, 0.3) is 0 Å². The van der Waals surface area contributed by atoms with E-state index in [2.05, 4.69) is 20.3 Å². The molecular weight excluding hydrogens is 206 g/mol. The first-order chi connectivity index (χ1) is 7.79. The van der Waals surface area contributed by atoms with Crippen LogP contribution >= 0.6 is 0 Å². The third-order valence-electron chi connectivity index (χ3n) is 2.05. The molecule has 2 rings (SSSR count). The first kappa shape index (κ1) is 10.3. The number of anilines is 1. The van der Waals surface area contributed by atoms with Gasteiger partial charge in [-0.3, -0.25) is 9.55 Å². The Kier molecular flexibility index (Phi) is 2.90. The highest BCUT2D eigenvalue weighted by Crippen LogP contribution is 1.96. The Balaban J connectivity index is 2.26. The van der Waals surface area contributed by atoms with Crippen molar-refractivity contribution in [3.05, 3.63) is 46.9 Å². The normalized spacial score (nSPS) is 10.1. The molecule has 0 aliphatic heterocycles. The third kappa shape index (κ3) is 2.22. The molecule has 0 saturated carbocycles. The summed E-state index contributed by atoms with van der Waals surface area (Å²) in [5.74, 6) is 0.322. The summed E-state index contributed by atoms with van der Waals surface area (Å²) in [6, 6.07) is 5.54. The van der Waals surface area contributed by atoms with Gasteiger partial charge in [0.15, 0.2) is 0 Å². The minimum Gasteiger partial charge on any atom is -0.357 e. The lowest BCUT2D eigenvalue weighted by molar-refractivity contribution is 0.689. The molecule has 2 aromatic heterocycles. The Morgan fingerprint density at radius 1 is 1.38 bits per heavy atom. The number of pyridine rings is 1. The maximum Gasteiger partial charge on any atom is 0.352 e. The van der Waals surface area contributed by atoms with E-state index in [0.29, 0.717) is 12.5 Å². The Hall–Kier alpha value is -2.24. The van der Waals surface area contributed by atoms with Crippen LogP contribution in [0.3, 0.4) is 0 Å². The molecule has 0 aliphatic rings. The zero-order valence-electron chi connectivity index (χ0n) is 8.79. The number of rotatable bonds is 3. The van der Waals surface area contributed by atoms with Crippen LogP contribution in [0.2, 0.25) is 0 Å². The molecule has 0 atom stereocenters. The van der Waals surface area contributed by atoms with Crippen LogP contribution < -0.4 is 11.0 Å². The molecule has 6 heteroatoms. The monoisotopic (exact) mass is 217 g/mol. The molecule has 0 amide bonds. The Morgan fingerprint density at radius 3 is 2.88 bits per heavy atom. The molecule has 1 N–H and O–H groups in total. The van der Waals surface area contributed by atoms with Gasteiger partial charge in [0.05, 0.1) is 12.2 Å². The molecule has 0 radical (unpaired) electrons. The third-order valence-corrected chi connectivity index (χ3v) is 2.05. The van der Waals surface area contributed by atoms with Gasteiger partial charge < -0.3 is 5.32 Å². The van der Waals surface area contributed by atoms with Gasteiger partial charge in [0.2, 0.25) is 5.95 Å². The van der Waals surface area contributed by atoms with Crippen LogP contribution in [0.4, 0.5) is 5.95 Å². The van der Waals surface area contributed by atoms with Crippen LogP contribution in [-0.2, 0) is 6.54 Å². The van der Waals surface area contributed by atoms with E-state index in [-0.39, 0.29) is 5.69 Å². The zero-order valence-corrected chi connectivity index (χ0v) is 8.79. The highest BCUT2D eigenvalue weighted by molar-refractivity contribution is 5.18. The fourth-order valence-electron chi connectivity index (χ4n) is 1.25. The van der Waals surface area contributed by atoms with E-state index in [1.54, 1.807) is 13.2 Å². The van der Waals surface area contributed by atoms with Crippen molar-refractivity contribution in [2.24, 2.45) is 0 Å². The van der Waals surface area contributed by atoms with Gasteiger partial charge in [-0.15, -0.1) is 0 Å². The maximum atomic E-state index is 11.5. The van der Waals surface area contributed by atoms with Gasteiger partial charge in [0.1, 0.15) is 6.33 Å². The van der Waals surface area contributed by atoms with E-state index < -0.39 is 0 Å². The van der Waals surface area contributed by atoms with E-state index in [9.17, 15) is 4.79 Å². The number of nitrogens with zero attached hydrogens (tertiary/aromatic N) is 4. The molecule has 0 fully saturated rings. The van der Waals surface area contributed by atoms with Gasteiger partial charge >= 0.3 is 5.69 Å². The topological polar surface area (TPSA) is 72.7 Å². The number of aromatic nitrogens is 4. The van der Waals surface area contributed by atoms with Crippen molar-refractivity contribution in [2.45, 2.75) is 6.54 Å². The number of hydrogen-bond donors (Lipinski definition) is 1. The predicted molar refractivity (Wildman–Crippen MR) is 59.2 cm³/mol. The highest BCUT2D eigenvalue weighted by atomic mass is 16.1. The van der Waals surface area contributed by atoms with Crippen molar-refractivity contribution in [1.82, 2.24) is 19.5 Å². The summed E-state index contributed by atoms with van der Waals surface area (Å²) in [7, 11) is 1.66. The fraction of sp³-hybridized carbons (Fsp3) is 0.200. The maximum absolute atomic E-state index is 11.5. The van der Waals surface area contributed by atoms with Crippen molar-refractivity contribution in [2.75, 3.05) is 12.4 Å². The van der Waals surface area contributed by atoms with Crippen molar-refractivity contribution in [1.29, 1.82) is 0 Å². The van der Waals surface area contributed by atoms with Gasteiger partial charge in [-0.1, -0.05) is 6.07 Å². The lowest BCUT2D eigenvalue weighted by Crippen LogP contribution is -2.25. The average Bonchev–Trinajstić information content (AvgIpc) is 2.33. The van der Waals surface area contributed by atoms with Crippen molar-refractivity contribution < 1.29 is 0 Å². The van der Waals surface area contributed by atoms with Crippen LogP contribution in [0, 0.1) is 0 Å². The van der Waals surface area contributed by atoms with Gasteiger partial charge in [-0.05, 0) is 12.1 Å². The van der Waals surface area contributed by atoms with E-state index in [1.165, 1.54) is 10.9 Å². The second kappa shape index (κ2) is 4.52. The molecule has 2 aromatic rings. The van der Waals surface area contributed by atoms with E-state index in [4.69, 9.17) is 0 Å². The Labute approximate surface area is 92.0 Å². The molecule has 16 heavy (non-hydrogen) atoms. The molecule has 0 aromatic carbocycles. The lowest BCUT2D eigenvalue weighted by Gasteiger charge is -2.04. The van der Waals surface area contributed by atoms with Gasteiger partial charge in [-0.25, -0.2) is 9.78 Å². The van der Waals surface area contributed by atoms with E-state index >= 15 is 0 Å². The fourth-order valence-corrected chi connectivity index (χ4v) is 1.25. The largest absolute Gasteiger partial charge is 0.357 e. The molecule has 82 valence electrons. The molecule has 0 unspecified atom stereocenters. The van der Waals surface area contributed by atoms with Gasteiger partial charge in [-0.2, -0.15) is 4.98 Å². The predicted octanol–water partition coefficient (Wildman–Crippen LogP) is 0.123. The van der Waals surface area contributed by atoms with Crippen molar-refractivity contribution in [3.8, 4) is 0 Å². The average molecular weight is 217 g/mol. The molecule has 0 aliphatic carbocycles. The second-order valence-electron chi connectivity index (χ2n) is 3.16. The summed E-state index contributed by atoms with van der Waals surface area (Å²) >= 11 is 0. The summed E-state index contributed by atoms with van der Waals surface area (Å²) in [5.41, 5.74) is 0.454. The Morgan fingerprint density at radius 2 is 2.25 bits per heavy atom. The highest BCUT2D eigenvalue weighted by Gasteiger charge is 2.01. The summed E-state index contributed by atoms with van der Waals surface area (Å²) in [5, 5.41) is 2.71. The zero-order chi connectivity index (χ0) is 11.4. The molecule has 0 bridgehead atoms. The standard InChI is InChI=1S/C10H11N5O/c1-11-9-13-7-15(10(16)14-9)6-8-4-2-3-5-12-8/h2-5,7H,6H2,1H3,(H,11,14,16). The van der Waals surface area contributed by atoms with Crippen LogP contribution in [0.25, 0.3) is 0 Å². The van der Waals surface area contributed by atoms with Crippen LogP contribution in [0.15, 0.2) is 35.5 Å². The minimum absolute atomic E-state index is 0.322. The molecular formula is C10H11N5O. The first-order valence-electron chi connectivity index (χ1n) is 4.81. The van der Waals surface area contributed by atoms with Crippen LogP contribution in [-0.4, -0.2) is 26.6 Å². The van der Waals surface area contributed by atoms with Crippen LogP contribution in [0.1, 0.15) is 5.69 Å². The summed E-state index contributed by atoms with van der Waals surface area (Å²) < 4.78 is 1.41. The number of hydrogen-bond acceptors (Lipinski definition) is 5.